The molecule has 1 N–H and O–H groups in total. The van der Waals surface area contributed by atoms with Gasteiger partial charge in [-0.3, -0.25) is 0 Å². The lowest BCUT2D eigenvalue weighted by Gasteiger charge is -2.40. The topological polar surface area (TPSA) is 15.3 Å². The third kappa shape index (κ3) is 1.75. The van der Waals surface area contributed by atoms with Crippen molar-refractivity contribution in [3.8, 4) is 0 Å². The van der Waals surface area contributed by atoms with Crippen LogP contribution in [0.4, 0.5) is 11.4 Å². The maximum Gasteiger partial charge on any atom is 0.0647 e. The van der Waals surface area contributed by atoms with Crippen LogP contribution in [0.2, 0.25) is 5.02 Å². The van der Waals surface area contributed by atoms with Crippen molar-refractivity contribution in [2.45, 2.75) is 26.8 Å². The van der Waals surface area contributed by atoms with Gasteiger partial charge >= 0.3 is 0 Å². The Morgan fingerprint density at radius 3 is 2.75 bits per heavy atom. The van der Waals surface area contributed by atoms with Crippen molar-refractivity contribution < 1.29 is 0 Å². The fourth-order valence-corrected chi connectivity index (χ4v) is 2.63. The molecule has 0 saturated heterocycles. The zero-order valence-electron chi connectivity index (χ0n) is 10.3. The molecule has 0 aromatic heterocycles. The van der Waals surface area contributed by atoms with Crippen molar-refractivity contribution in [2.75, 3.05) is 23.8 Å². The summed E-state index contributed by atoms with van der Waals surface area (Å²) in [5, 5.41) is 4.34. The maximum atomic E-state index is 6.18. The van der Waals surface area contributed by atoms with E-state index in [1.54, 1.807) is 0 Å². The van der Waals surface area contributed by atoms with Gasteiger partial charge in [-0.2, -0.15) is 0 Å². The van der Waals surface area contributed by atoms with Gasteiger partial charge in [0, 0.05) is 24.7 Å². The lowest BCUT2D eigenvalue weighted by atomic mass is 9.98. The molecule has 1 aromatic carbocycles. The summed E-state index contributed by atoms with van der Waals surface area (Å²) in [6.45, 7) is 7.60. The molecule has 0 saturated carbocycles. The summed E-state index contributed by atoms with van der Waals surface area (Å²) >= 11 is 6.18. The van der Waals surface area contributed by atoms with Gasteiger partial charge in [0.1, 0.15) is 0 Å². The minimum atomic E-state index is 0.532. The molecule has 1 aromatic rings. The molecule has 1 aliphatic rings. The fraction of sp³-hybridized carbons (Fsp3) is 0.538. The molecule has 2 rings (SSSR count). The van der Waals surface area contributed by atoms with E-state index < -0.39 is 0 Å². The zero-order chi connectivity index (χ0) is 11.9. The van der Waals surface area contributed by atoms with Crippen LogP contribution < -0.4 is 10.2 Å². The van der Waals surface area contributed by atoms with E-state index in [9.17, 15) is 0 Å². The average Bonchev–Trinajstić information content (AvgIpc) is 2.23. The summed E-state index contributed by atoms with van der Waals surface area (Å²) in [4.78, 5) is 2.36. The van der Waals surface area contributed by atoms with Crippen LogP contribution in [0.15, 0.2) is 12.1 Å². The van der Waals surface area contributed by atoms with Crippen molar-refractivity contribution in [3.05, 3.63) is 22.7 Å². The van der Waals surface area contributed by atoms with E-state index in [4.69, 9.17) is 11.6 Å². The van der Waals surface area contributed by atoms with Crippen LogP contribution >= 0.6 is 11.6 Å². The van der Waals surface area contributed by atoms with Crippen molar-refractivity contribution in [1.29, 1.82) is 0 Å². The SMILES string of the molecule is Cc1c(Cl)ccc2c1N(C)C(C(C)C)CN2. The summed E-state index contributed by atoms with van der Waals surface area (Å²) in [7, 11) is 2.16. The lowest BCUT2D eigenvalue weighted by Crippen LogP contribution is -2.45. The minimum absolute atomic E-state index is 0.532. The van der Waals surface area contributed by atoms with Gasteiger partial charge in [0.2, 0.25) is 0 Å². The molecule has 0 fully saturated rings. The van der Waals surface area contributed by atoms with Crippen molar-refractivity contribution in [3.63, 3.8) is 0 Å². The van der Waals surface area contributed by atoms with Gasteiger partial charge in [-0.1, -0.05) is 25.4 Å². The van der Waals surface area contributed by atoms with E-state index in [1.807, 2.05) is 6.07 Å². The summed E-state index contributed by atoms with van der Waals surface area (Å²) in [6.07, 6.45) is 0. The second-order valence-electron chi connectivity index (χ2n) is 4.87. The Morgan fingerprint density at radius 2 is 2.12 bits per heavy atom. The first kappa shape index (κ1) is 11.6. The van der Waals surface area contributed by atoms with E-state index in [0.29, 0.717) is 12.0 Å². The van der Waals surface area contributed by atoms with Gasteiger partial charge in [0.15, 0.2) is 0 Å². The highest BCUT2D eigenvalue weighted by Gasteiger charge is 2.27. The van der Waals surface area contributed by atoms with E-state index in [2.05, 4.69) is 44.1 Å². The molecule has 1 unspecified atom stereocenters. The lowest BCUT2D eigenvalue weighted by molar-refractivity contribution is 0.482. The van der Waals surface area contributed by atoms with Gasteiger partial charge in [0.05, 0.1) is 11.4 Å². The van der Waals surface area contributed by atoms with Gasteiger partial charge in [-0.25, -0.2) is 0 Å². The highest BCUT2D eigenvalue weighted by Crippen LogP contribution is 2.38. The molecule has 1 aliphatic heterocycles. The highest BCUT2D eigenvalue weighted by molar-refractivity contribution is 6.32. The molecule has 1 heterocycles. The Hall–Kier alpha value is -0.890. The minimum Gasteiger partial charge on any atom is -0.381 e. The number of hydrogen-bond acceptors (Lipinski definition) is 2. The second kappa shape index (κ2) is 4.17. The third-order valence-electron chi connectivity index (χ3n) is 3.49. The number of likely N-dealkylation sites (N-methyl/N-ethyl adjacent to an activating group) is 1. The number of benzene rings is 1. The van der Waals surface area contributed by atoms with Crippen molar-refractivity contribution in [1.82, 2.24) is 0 Å². The van der Waals surface area contributed by atoms with Crippen LogP contribution in [0, 0.1) is 12.8 Å². The predicted molar refractivity (Wildman–Crippen MR) is 71.7 cm³/mol. The summed E-state index contributed by atoms with van der Waals surface area (Å²) in [6, 6.07) is 4.56. The molecule has 0 aliphatic carbocycles. The Balaban J connectivity index is 2.46. The highest BCUT2D eigenvalue weighted by atomic mass is 35.5. The van der Waals surface area contributed by atoms with Crippen LogP contribution in [-0.2, 0) is 0 Å². The maximum absolute atomic E-state index is 6.18. The number of hydrogen-bond donors (Lipinski definition) is 1. The smallest absolute Gasteiger partial charge is 0.0647 e. The quantitative estimate of drug-likeness (QED) is 0.805. The van der Waals surface area contributed by atoms with Gasteiger partial charge < -0.3 is 10.2 Å². The molecular formula is C13H19ClN2. The van der Waals surface area contributed by atoms with Gasteiger partial charge in [-0.05, 0) is 30.5 Å². The van der Waals surface area contributed by atoms with Gasteiger partial charge in [0.25, 0.3) is 0 Å². The fourth-order valence-electron chi connectivity index (χ4n) is 2.47. The molecule has 0 bridgehead atoms. The first-order valence-corrected chi connectivity index (χ1v) is 6.16. The molecule has 88 valence electrons. The van der Waals surface area contributed by atoms with Crippen LogP contribution in [-0.4, -0.2) is 19.6 Å². The van der Waals surface area contributed by atoms with Crippen molar-refractivity contribution in [2.24, 2.45) is 5.92 Å². The Kier molecular flexibility index (Phi) is 3.02. The number of nitrogens with zero attached hydrogens (tertiary/aromatic N) is 1. The molecule has 3 heteroatoms. The average molecular weight is 239 g/mol. The number of halogens is 1. The summed E-state index contributed by atoms with van der Waals surface area (Å²) in [5.74, 6) is 0.629. The Labute approximate surface area is 103 Å². The number of fused-ring (bicyclic) bond motifs is 1. The van der Waals surface area contributed by atoms with Crippen LogP contribution in [0.1, 0.15) is 19.4 Å². The first-order chi connectivity index (χ1) is 7.52. The van der Waals surface area contributed by atoms with Gasteiger partial charge in [-0.15, -0.1) is 0 Å². The number of rotatable bonds is 1. The van der Waals surface area contributed by atoms with E-state index >= 15 is 0 Å². The molecule has 0 spiro atoms. The van der Waals surface area contributed by atoms with E-state index in [0.717, 1.165) is 11.6 Å². The van der Waals surface area contributed by atoms with E-state index in [1.165, 1.54) is 16.9 Å². The number of nitrogens with one attached hydrogen (secondary N) is 1. The second-order valence-corrected chi connectivity index (χ2v) is 5.28. The van der Waals surface area contributed by atoms with Crippen LogP contribution in [0.3, 0.4) is 0 Å². The van der Waals surface area contributed by atoms with Crippen LogP contribution in [0.25, 0.3) is 0 Å². The monoisotopic (exact) mass is 238 g/mol. The summed E-state index contributed by atoms with van der Waals surface area (Å²) in [5.41, 5.74) is 3.61. The number of anilines is 2. The predicted octanol–water partition coefficient (Wildman–Crippen LogP) is 3.53. The first-order valence-electron chi connectivity index (χ1n) is 5.78. The third-order valence-corrected chi connectivity index (χ3v) is 3.90. The molecular weight excluding hydrogens is 220 g/mol. The zero-order valence-corrected chi connectivity index (χ0v) is 11.1. The molecule has 0 radical (unpaired) electrons. The molecule has 2 nitrogen and oxygen atoms in total. The Bertz CT molecular complexity index is 401. The molecule has 16 heavy (non-hydrogen) atoms. The Morgan fingerprint density at radius 1 is 1.44 bits per heavy atom. The van der Waals surface area contributed by atoms with Crippen molar-refractivity contribution >= 4 is 23.0 Å². The normalized spacial score (nSPS) is 19.6. The summed E-state index contributed by atoms with van der Waals surface area (Å²) < 4.78 is 0. The molecule has 0 amide bonds. The van der Waals surface area contributed by atoms with Crippen LogP contribution in [0.5, 0.6) is 0 Å². The largest absolute Gasteiger partial charge is 0.381 e. The molecule has 1 atom stereocenters. The standard InChI is InChI=1S/C13H19ClN2/c1-8(2)12-7-15-11-6-5-10(14)9(3)13(11)16(12)4/h5-6,8,12,15H,7H2,1-4H3. The van der Waals surface area contributed by atoms with E-state index in [-0.39, 0.29) is 0 Å².